The molecule has 1 aliphatic heterocycles. The van der Waals surface area contributed by atoms with Crippen LogP contribution in [0.25, 0.3) is 6.08 Å². The van der Waals surface area contributed by atoms with Crippen LogP contribution in [0.15, 0.2) is 45.9 Å². The summed E-state index contributed by atoms with van der Waals surface area (Å²) in [6.45, 7) is 4.06. The van der Waals surface area contributed by atoms with Crippen molar-refractivity contribution in [1.82, 2.24) is 0 Å². The summed E-state index contributed by atoms with van der Waals surface area (Å²) in [6, 6.07) is 9.50. The first kappa shape index (κ1) is 14.1. The minimum absolute atomic E-state index is 0.107. The number of carbonyl (C=O) groups excluding carboxylic acids is 1. The summed E-state index contributed by atoms with van der Waals surface area (Å²) < 4.78 is 5.79. The zero-order valence-electron chi connectivity index (χ0n) is 11.6. The van der Waals surface area contributed by atoms with Gasteiger partial charge in [-0.3, -0.25) is 9.69 Å². The molecule has 2 aromatic rings. The van der Waals surface area contributed by atoms with Crippen molar-refractivity contribution in [3.63, 3.8) is 0 Å². The fourth-order valence-corrected chi connectivity index (χ4v) is 3.34. The molecule has 1 aromatic carbocycles. The Bertz CT molecular complexity index is 748. The molecule has 1 amide bonds. The lowest BCUT2D eigenvalue weighted by molar-refractivity contribution is -0.113. The molecule has 0 bridgehead atoms. The minimum Gasteiger partial charge on any atom is -0.465 e. The average molecular weight is 315 g/mol. The third kappa shape index (κ3) is 2.66. The Kier molecular flexibility index (Phi) is 3.69. The van der Waals surface area contributed by atoms with Gasteiger partial charge in [0.2, 0.25) is 0 Å². The molecule has 0 spiro atoms. The van der Waals surface area contributed by atoms with Gasteiger partial charge in [-0.25, -0.2) is 0 Å². The summed E-state index contributed by atoms with van der Waals surface area (Å²) in [5.41, 5.74) is 3.13. The maximum absolute atomic E-state index is 12.5. The van der Waals surface area contributed by atoms with Gasteiger partial charge in [0, 0.05) is 6.08 Å². The molecule has 1 aromatic heterocycles. The summed E-state index contributed by atoms with van der Waals surface area (Å²) in [5.74, 6) is 0.542. The first-order valence-electron chi connectivity index (χ1n) is 6.45. The molecule has 1 aliphatic rings. The first-order valence-corrected chi connectivity index (χ1v) is 7.67. The molecule has 106 valence electrons. The number of furan rings is 1. The van der Waals surface area contributed by atoms with Gasteiger partial charge in [0.15, 0.2) is 4.32 Å². The Morgan fingerprint density at radius 2 is 2.05 bits per heavy atom. The Labute approximate surface area is 132 Å². The second-order valence-electron chi connectivity index (χ2n) is 4.80. The summed E-state index contributed by atoms with van der Waals surface area (Å²) in [5, 5.41) is 0. The Balaban J connectivity index is 1.95. The molecule has 2 heterocycles. The molecule has 0 saturated carbocycles. The minimum atomic E-state index is -0.107. The number of rotatable bonds is 2. The molecule has 0 radical (unpaired) electrons. The summed E-state index contributed by atoms with van der Waals surface area (Å²) >= 11 is 6.64. The standard InChI is InChI=1S/C16H13NO2S2/c1-10-5-6-12(8-11(10)2)17-15(18)14(21-16(17)20)9-13-4-3-7-19-13/h3-9H,1-2H3/b14-9-. The molecule has 5 heteroatoms. The van der Waals surface area contributed by atoms with Crippen LogP contribution < -0.4 is 4.90 Å². The van der Waals surface area contributed by atoms with Crippen molar-refractivity contribution < 1.29 is 9.21 Å². The van der Waals surface area contributed by atoms with Crippen molar-refractivity contribution >= 4 is 46.0 Å². The van der Waals surface area contributed by atoms with E-state index >= 15 is 0 Å². The quantitative estimate of drug-likeness (QED) is 0.611. The predicted octanol–water partition coefficient (Wildman–Crippen LogP) is 4.30. The number of benzene rings is 1. The van der Waals surface area contributed by atoms with Crippen LogP contribution in [0, 0.1) is 13.8 Å². The second kappa shape index (κ2) is 5.50. The number of carbonyl (C=O) groups is 1. The number of hydrogen-bond acceptors (Lipinski definition) is 4. The van der Waals surface area contributed by atoms with E-state index in [2.05, 4.69) is 0 Å². The number of nitrogens with zero attached hydrogens (tertiary/aromatic N) is 1. The molecule has 1 saturated heterocycles. The van der Waals surface area contributed by atoms with Crippen LogP contribution in [-0.4, -0.2) is 10.2 Å². The van der Waals surface area contributed by atoms with Crippen molar-refractivity contribution in [1.29, 1.82) is 0 Å². The van der Waals surface area contributed by atoms with E-state index < -0.39 is 0 Å². The predicted molar refractivity (Wildman–Crippen MR) is 90.3 cm³/mol. The fraction of sp³-hybridized carbons (Fsp3) is 0.125. The molecule has 21 heavy (non-hydrogen) atoms. The third-order valence-electron chi connectivity index (χ3n) is 3.36. The van der Waals surface area contributed by atoms with Gasteiger partial charge in [-0.1, -0.05) is 30.0 Å². The van der Waals surface area contributed by atoms with Gasteiger partial charge < -0.3 is 4.42 Å². The van der Waals surface area contributed by atoms with Crippen molar-refractivity contribution in [2.45, 2.75) is 13.8 Å². The van der Waals surface area contributed by atoms with Crippen LogP contribution in [0.5, 0.6) is 0 Å². The van der Waals surface area contributed by atoms with E-state index in [1.54, 1.807) is 23.3 Å². The summed E-state index contributed by atoms with van der Waals surface area (Å²) in [7, 11) is 0. The molecule has 3 nitrogen and oxygen atoms in total. The van der Waals surface area contributed by atoms with E-state index in [9.17, 15) is 4.79 Å². The normalized spacial score (nSPS) is 17.0. The van der Waals surface area contributed by atoms with E-state index in [4.69, 9.17) is 16.6 Å². The van der Waals surface area contributed by atoms with Crippen LogP contribution in [0.4, 0.5) is 5.69 Å². The van der Waals surface area contributed by atoms with E-state index in [1.165, 1.54) is 17.3 Å². The third-order valence-corrected chi connectivity index (χ3v) is 4.66. The van der Waals surface area contributed by atoms with Crippen molar-refractivity contribution in [2.75, 3.05) is 4.90 Å². The van der Waals surface area contributed by atoms with Crippen LogP contribution in [0.2, 0.25) is 0 Å². The molecule has 0 unspecified atom stereocenters. The van der Waals surface area contributed by atoms with Gasteiger partial charge in [0.25, 0.3) is 5.91 Å². The smallest absolute Gasteiger partial charge is 0.270 e. The number of amides is 1. The van der Waals surface area contributed by atoms with Gasteiger partial charge in [-0.15, -0.1) is 0 Å². The number of anilines is 1. The zero-order chi connectivity index (χ0) is 15.0. The molecular weight excluding hydrogens is 302 g/mol. The lowest BCUT2D eigenvalue weighted by Gasteiger charge is -2.15. The lowest BCUT2D eigenvalue weighted by Crippen LogP contribution is -2.27. The summed E-state index contributed by atoms with van der Waals surface area (Å²) in [4.78, 5) is 14.7. The topological polar surface area (TPSA) is 33.5 Å². The van der Waals surface area contributed by atoms with Crippen LogP contribution >= 0.6 is 24.0 Å². The van der Waals surface area contributed by atoms with Gasteiger partial charge in [-0.2, -0.15) is 0 Å². The Hall–Kier alpha value is -1.85. The van der Waals surface area contributed by atoms with E-state index in [1.807, 2.05) is 38.1 Å². The van der Waals surface area contributed by atoms with Crippen LogP contribution in [0.3, 0.4) is 0 Å². The van der Waals surface area contributed by atoms with Gasteiger partial charge in [0.05, 0.1) is 16.9 Å². The van der Waals surface area contributed by atoms with Gasteiger partial charge in [0.1, 0.15) is 5.76 Å². The first-order chi connectivity index (χ1) is 10.1. The summed E-state index contributed by atoms with van der Waals surface area (Å²) in [6.07, 6.45) is 3.30. The fourth-order valence-electron chi connectivity index (χ4n) is 2.06. The average Bonchev–Trinajstić information content (AvgIpc) is 3.03. The molecular formula is C16H13NO2S2. The highest BCUT2D eigenvalue weighted by molar-refractivity contribution is 8.27. The maximum atomic E-state index is 12.5. The zero-order valence-corrected chi connectivity index (χ0v) is 13.3. The number of thioether (sulfide) groups is 1. The SMILES string of the molecule is Cc1ccc(N2C(=O)/C(=C/c3ccco3)SC2=S)cc1C. The van der Waals surface area contributed by atoms with E-state index in [0.717, 1.165) is 11.3 Å². The Morgan fingerprint density at radius 3 is 2.71 bits per heavy atom. The second-order valence-corrected chi connectivity index (χ2v) is 6.48. The molecule has 1 fully saturated rings. The number of hydrogen-bond donors (Lipinski definition) is 0. The largest absolute Gasteiger partial charge is 0.465 e. The number of thiocarbonyl (C=S) groups is 1. The van der Waals surface area contributed by atoms with Crippen molar-refractivity contribution in [3.05, 3.63) is 58.4 Å². The maximum Gasteiger partial charge on any atom is 0.270 e. The highest BCUT2D eigenvalue weighted by Crippen LogP contribution is 2.36. The molecule has 0 N–H and O–H groups in total. The Morgan fingerprint density at radius 1 is 1.24 bits per heavy atom. The van der Waals surface area contributed by atoms with Gasteiger partial charge in [-0.05, 0) is 49.2 Å². The van der Waals surface area contributed by atoms with Crippen LogP contribution in [0.1, 0.15) is 16.9 Å². The highest BCUT2D eigenvalue weighted by Gasteiger charge is 2.33. The lowest BCUT2D eigenvalue weighted by atomic mass is 10.1. The van der Waals surface area contributed by atoms with Crippen LogP contribution in [-0.2, 0) is 4.79 Å². The monoisotopic (exact) mass is 315 g/mol. The van der Waals surface area contributed by atoms with Gasteiger partial charge >= 0.3 is 0 Å². The molecule has 0 aliphatic carbocycles. The molecule has 3 rings (SSSR count). The van der Waals surface area contributed by atoms with E-state index in [-0.39, 0.29) is 5.91 Å². The number of aryl methyl sites for hydroxylation is 2. The highest BCUT2D eigenvalue weighted by atomic mass is 32.2. The van der Waals surface area contributed by atoms with E-state index in [0.29, 0.717) is 15.0 Å². The molecule has 0 atom stereocenters. The van der Waals surface area contributed by atoms with Crippen molar-refractivity contribution in [3.8, 4) is 0 Å². The van der Waals surface area contributed by atoms with Crippen molar-refractivity contribution in [2.24, 2.45) is 0 Å².